The van der Waals surface area contributed by atoms with Crippen LogP contribution in [-0.4, -0.2) is 42.7 Å². The Balaban J connectivity index is 1.44. The van der Waals surface area contributed by atoms with Crippen LogP contribution in [0.2, 0.25) is 0 Å². The first kappa shape index (κ1) is 26.0. The molecule has 0 radical (unpaired) electrons. The number of halogens is 2. The Morgan fingerprint density at radius 1 is 1.11 bits per heavy atom. The van der Waals surface area contributed by atoms with Gasteiger partial charge in [0.15, 0.2) is 23.1 Å². The molecule has 38 heavy (non-hydrogen) atoms. The van der Waals surface area contributed by atoms with Gasteiger partial charge in [-0.05, 0) is 66.6 Å². The summed E-state index contributed by atoms with van der Waals surface area (Å²) in [6, 6.07) is 9.80. The number of nitrogens with zero attached hydrogens (tertiary/aromatic N) is 3. The van der Waals surface area contributed by atoms with E-state index in [-0.39, 0.29) is 17.8 Å². The van der Waals surface area contributed by atoms with Gasteiger partial charge < -0.3 is 23.8 Å². The van der Waals surface area contributed by atoms with Crippen molar-refractivity contribution in [3.63, 3.8) is 0 Å². The highest BCUT2D eigenvalue weighted by molar-refractivity contribution is 14.1. The number of methoxy groups -OCH3 is 1. The number of carbonyl (C=O) groups is 1. The van der Waals surface area contributed by atoms with E-state index in [9.17, 15) is 4.79 Å². The van der Waals surface area contributed by atoms with Crippen molar-refractivity contribution in [3.05, 3.63) is 69.9 Å². The number of amides is 1. The van der Waals surface area contributed by atoms with Gasteiger partial charge in [0, 0.05) is 48.8 Å². The number of anilines is 1. The molecular weight excluding hydrogens is 604 g/mol. The zero-order chi connectivity index (χ0) is 26.8. The van der Waals surface area contributed by atoms with E-state index in [1.165, 1.54) is 17.2 Å². The standard InChI is InChI=1S/C28H25FIN3O5/c1-4-36-26-14-22-18(13-25(26)35-3)23(8-10-32-22)38-27-20(29)11-16(12-21(27)30)33(2)28(34)19-15-31-9-7-24(19)37-17-5-6-17/h7-15,17H,4-6H2,1-3H3. The van der Waals surface area contributed by atoms with Crippen LogP contribution in [0.3, 0.4) is 0 Å². The second kappa shape index (κ2) is 11.0. The first-order valence-electron chi connectivity index (χ1n) is 12.0. The van der Waals surface area contributed by atoms with Gasteiger partial charge in [0.25, 0.3) is 5.91 Å². The number of fused-ring (bicyclic) bond motifs is 1. The number of hydrogen-bond acceptors (Lipinski definition) is 7. The fourth-order valence-electron chi connectivity index (χ4n) is 3.90. The molecule has 2 aromatic carbocycles. The topological polar surface area (TPSA) is 83.0 Å². The fraction of sp³-hybridized carbons (Fsp3) is 0.250. The minimum atomic E-state index is -0.616. The van der Waals surface area contributed by atoms with Gasteiger partial charge in [0.05, 0.1) is 28.9 Å². The first-order valence-corrected chi connectivity index (χ1v) is 13.1. The van der Waals surface area contributed by atoms with Crippen LogP contribution in [0, 0.1) is 9.39 Å². The van der Waals surface area contributed by atoms with E-state index in [4.69, 9.17) is 18.9 Å². The van der Waals surface area contributed by atoms with E-state index < -0.39 is 5.82 Å². The lowest BCUT2D eigenvalue weighted by molar-refractivity contribution is 0.0988. The molecule has 0 bridgehead atoms. The Labute approximate surface area is 232 Å². The van der Waals surface area contributed by atoms with Crippen molar-refractivity contribution in [2.75, 3.05) is 25.7 Å². The predicted molar refractivity (Wildman–Crippen MR) is 149 cm³/mol. The lowest BCUT2D eigenvalue weighted by Gasteiger charge is -2.20. The SMILES string of the molecule is CCOc1cc2nccc(Oc3c(F)cc(N(C)C(=O)c4cnccc4OC4CC4)cc3I)c2cc1OC. The average Bonchev–Trinajstić information content (AvgIpc) is 3.74. The van der Waals surface area contributed by atoms with Crippen LogP contribution in [0.1, 0.15) is 30.1 Å². The first-order chi connectivity index (χ1) is 18.4. The van der Waals surface area contributed by atoms with Crippen molar-refractivity contribution < 1.29 is 28.1 Å². The van der Waals surface area contributed by atoms with Crippen molar-refractivity contribution >= 4 is 45.1 Å². The van der Waals surface area contributed by atoms with Crippen molar-refractivity contribution in [1.82, 2.24) is 9.97 Å². The van der Waals surface area contributed by atoms with Crippen LogP contribution in [0.4, 0.5) is 10.1 Å². The van der Waals surface area contributed by atoms with Crippen LogP contribution >= 0.6 is 22.6 Å². The second-order valence-corrected chi connectivity index (χ2v) is 9.82. The zero-order valence-corrected chi connectivity index (χ0v) is 23.2. The molecule has 0 atom stereocenters. The highest BCUT2D eigenvalue weighted by Gasteiger charge is 2.27. The van der Waals surface area contributed by atoms with E-state index in [1.54, 1.807) is 56.9 Å². The van der Waals surface area contributed by atoms with Crippen molar-refractivity contribution in [2.45, 2.75) is 25.9 Å². The molecule has 196 valence electrons. The van der Waals surface area contributed by atoms with Gasteiger partial charge in [0.2, 0.25) is 0 Å². The average molecular weight is 629 g/mol. The Hall–Kier alpha value is -3.67. The number of pyridine rings is 2. The van der Waals surface area contributed by atoms with Crippen LogP contribution in [0.15, 0.2) is 55.0 Å². The molecule has 10 heteroatoms. The quantitative estimate of drug-likeness (QED) is 0.199. The molecule has 1 aliphatic carbocycles. The molecule has 1 amide bonds. The van der Waals surface area contributed by atoms with Gasteiger partial charge >= 0.3 is 0 Å². The summed E-state index contributed by atoms with van der Waals surface area (Å²) in [4.78, 5) is 23.1. The lowest BCUT2D eigenvalue weighted by Crippen LogP contribution is -2.27. The Morgan fingerprint density at radius 3 is 2.61 bits per heavy atom. The number of hydrogen-bond donors (Lipinski definition) is 0. The summed E-state index contributed by atoms with van der Waals surface area (Å²) in [7, 11) is 3.13. The van der Waals surface area contributed by atoms with E-state index in [1.807, 2.05) is 29.5 Å². The molecule has 1 aliphatic rings. The summed E-state index contributed by atoms with van der Waals surface area (Å²) in [5, 5.41) is 0.638. The molecule has 0 saturated heterocycles. The molecule has 5 rings (SSSR count). The van der Waals surface area contributed by atoms with Crippen LogP contribution in [-0.2, 0) is 0 Å². The second-order valence-electron chi connectivity index (χ2n) is 8.66. The fourth-order valence-corrected chi connectivity index (χ4v) is 4.59. The highest BCUT2D eigenvalue weighted by Crippen LogP contribution is 2.40. The largest absolute Gasteiger partial charge is 0.493 e. The van der Waals surface area contributed by atoms with Crippen molar-refractivity contribution in [3.8, 4) is 28.7 Å². The van der Waals surface area contributed by atoms with Gasteiger partial charge in [0.1, 0.15) is 17.1 Å². The molecule has 0 N–H and O–H groups in total. The number of carbonyl (C=O) groups excluding carboxylic acids is 1. The van der Waals surface area contributed by atoms with Gasteiger partial charge in [-0.2, -0.15) is 0 Å². The third-order valence-electron chi connectivity index (χ3n) is 6.00. The summed E-state index contributed by atoms with van der Waals surface area (Å²) in [5.41, 5.74) is 1.30. The van der Waals surface area contributed by atoms with E-state index in [2.05, 4.69) is 9.97 Å². The van der Waals surface area contributed by atoms with Gasteiger partial charge in [-0.25, -0.2) is 4.39 Å². The van der Waals surface area contributed by atoms with E-state index in [0.717, 1.165) is 12.8 Å². The third-order valence-corrected chi connectivity index (χ3v) is 6.80. The molecule has 4 aromatic rings. The zero-order valence-electron chi connectivity index (χ0n) is 21.0. The molecule has 2 heterocycles. The Kier molecular flexibility index (Phi) is 7.50. The smallest absolute Gasteiger partial charge is 0.263 e. The molecule has 2 aromatic heterocycles. The molecule has 1 saturated carbocycles. The van der Waals surface area contributed by atoms with Gasteiger partial charge in [-0.3, -0.25) is 14.8 Å². The monoisotopic (exact) mass is 629 g/mol. The molecule has 0 aliphatic heterocycles. The van der Waals surface area contributed by atoms with E-state index >= 15 is 4.39 Å². The number of benzene rings is 2. The number of rotatable bonds is 9. The molecular formula is C28H25FIN3O5. The molecule has 8 nitrogen and oxygen atoms in total. The van der Waals surface area contributed by atoms with Crippen LogP contribution in [0.25, 0.3) is 10.9 Å². The van der Waals surface area contributed by atoms with E-state index in [0.29, 0.717) is 55.3 Å². The molecule has 0 unspecified atom stereocenters. The van der Waals surface area contributed by atoms with Gasteiger partial charge in [-0.15, -0.1) is 0 Å². The number of aromatic nitrogens is 2. The molecule has 0 spiro atoms. The Morgan fingerprint density at radius 2 is 1.89 bits per heavy atom. The highest BCUT2D eigenvalue weighted by atomic mass is 127. The number of ether oxygens (including phenoxy) is 4. The van der Waals surface area contributed by atoms with Crippen LogP contribution in [0.5, 0.6) is 28.7 Å². The summed E-state index contributed by atoms with van der Waals surface area (Å²) in [5.74, 6) is 1.02. The lowest BCUT2D eigenvalue weighted by atomic mass is 10.1. The summed E-state index contributed by atoms with van der Waals surface area (Å²) in [6.07, 6.45) is 6.68. The maximum Gasteiger partial charge on any atom is 0.263 e. The minimum absolute atomic E-state index is 0.0367. The summed E-state index contributed by atoms with van der Waals surface area (Å²) < 4.78 is 38.9. The van der Waals surface area contributed by atoms with Crippen LogP contribution < -0.4 is 23.8 Å². The van der Waals surface area contributed by atoms with Crippen molar-refractivity contribution in [1.29, 1.82) is 0 Å². The predicted octanol–water partition coefficient (Wildman–Crippen LogP) is 6.39. The van der Waals surface area contributed by atoms with Gasteiger partial charge in [-0.1, -0.05) is 0 Å². The minimum Gasteiger partial charge on any atom is -0.493 e. The maximum absolute atomic E-state index is 15.4. The summed E-state index contributed by atoms with van der Waals surface area (Å²) >= 11 is 1.99. The van der Waals surface area contributed by atoms with Crippen molar-refractivity contribution in [2.24, 2.45) is 0 Å². The normalized spacial score (nSPS) is 12.8. The summed E-state index contributed by atoms with van der Waals surface area (Å²) in [6.45, 7) is 2.36. The maximum atomic E-state index is 15.4. The molecule has 1 fully saturated rings. The third kappa shape index (κ3) is 5.31. The Bertz CT molecular complexity index is 1490.